The predicted molar refractivity (Wildman–Crippen MR) is 268 cm³/mol. The Balaban J connectivity index is 1.28. The molecule has 0 aromatic carbocycles. The van der Waals surface area contributed by atoms with Crippen LogP contribution in [0.1, 0.15) is 33.6 Å². The number of aliphatic hydroxyl groups excluding tert-OH is 19. The molecule has 6 aliphatic heterocycles. The van der Waals surface area contributed by atoms with Crippen LogP contribution in [0.5, 0.6) is 0 Å². The van der Waals surface area contributed by atoms with Crippen molar-refractivity contribution in [2.24, 2.45) is 0 Å². The van der Waals surface area contributed by atoms with E-state index in [4.69, 9.17) is 52.1 Å². The van der Waals surface area contributed by atoms with Crippen molar-refractivity contribution < 1.29 is 183 Å². The van der Waals surface area contributed by atoms with Crippen LogP contribution in [0.3, 0.4) is 0 Å². The lowest BCUT2D eigenvalue weighted by atomic mass is 9.87. The first-order valence-electron chi connectivity index (χ1n) is 27.4. The number of rotatable bonds is 25. The molecule has 0 saturated carbocycles. The fourth-order valence-electron chi connectivity index (χ4n) is 11.1. The molecule has 0 bridgehead atoms. The minimum atomic E-state index is -3.48. The molecule has 0 radical (unpaired) electrons. The van der Waals surface area contributed by atoms with E-state index >= 15 is 0 Å². The Kier molecular flexibility index (Phi) is 25.6. The van der Waals surface area contributed by atoms with E-state index in [1.807, 2.05) is 0 Å². The monoisotopic (exact) mass is 1290 g/mol. The number of aliphatic hydroxyl groups is 19. The van der Waals surface area contributed by atoms with Crippen LogP contribution in [0.15, 0.2) is 0 Å². The molecule has 6 aliphatic rings. The normalized spacial score (nSPS) is 44.6. The van der Waals surface area contributed by atoms with Crippen LogP contribution in [0.25, 0.3) is 0 Å². The van der Waals surface area contributed by atoms with Gasteiger partial charge >= 0.3 is 11.9 Å². The molecule has 32 atom stereocenters. The first kappa shape index (κ1) is 73.2. The highest BCUT2D eigenvalue weighted by atomic mass is 16.8. The molecular weight excluding hydrogens is 1210 g/mol. The van der Waals surface area contributed by atoms with Crippen LogP contribution in [0, 0.1) is 0 Å². The molecule has 0 aromatic rings. The Labute approximate surface area is 496 Å². The van der Waals surface area contributed by atoms with Gasteiger partial charge in [-0.05, 0) is 0 Å². The zero-order valence-corrected chi connectivity index (χ0v) is 46.9. The molecule has 0 aromatic heterocycles. The maximum Gasteiger partial charge on any atom is 0.364 e. The van der Waals surface area contributed by atoms with Crippen molar-refractivity contribution in [1.82, 2.24) is 16.0 Å². The Morgan fingerprint density at radius 1 is 0.466 bits per heavy atom. The second-order valence-electron chi connectivity index (χ2n) is 21.8. The van der Waals surface area contributed by atoms with Gasteiger partial charge in [0, 0.05) is 33.6 Å². The number of hydrogen-bond acceptors (Lipinski definition) is 35. The third kappa shape index (κ3) is 15.6. The molecule has 88 heavy (non-hydrogen) atoms. The summed E-state index contributed by atoms with van der Waals surface area (Å²) in [7, 11) is 0. The van der Waals surface area contributed by atoms with E-state index in [1.165, 1.54) is 0 Å². The van der Waals surface area contributed by atoms with E-state index in [9.17, 15) is 131 Å². The van der Waals surface area contributed by atoms with Crippen LogP contribution in [-0.4, -0.2) is 372 Å². The SMILES string of the molecule is CC(=O)N[C@H]1[C@H](O[C@H]2[C@@H](O)[C@@H](CO)O[C@@H](O[C@H]3[C@H](O)[C@@H](O)[C@H](O)O[C@@H]3CO)[C@@H]2O)O[C@H](CO)[C@@H](O[C@@H]2O[C@H](CO)[C@H](O)[C@H](O[C@]3(C(=O)O)C[C@H](O)[C@@H](NC(C)=O)[C@H]([C@H](O)[C@@H](CO)O[C@]4(C(=O)O)C[C@H](O)[C@@H](NC(C)=O)[C@H]([C@H](O)[C@H](O)CO)O4)O3)[C@H]2O)[C@@H]1O. The number of aliphatic carboxylic acids is 2. The summed E-state index contributed by atoms with van der Waals surface area (Å²) in [6.45, 7) is -4.34. The van der Waals surface area contributed by atoms with E-state index < -0.39 is 277 Å². The van der Waals surface area contributed by atoms with Crippen LogP contribution >= 0.6 is 0 Å². The van der Waals surface area contributed by atoms with Crippen molar-refractivity contribution in [3.05, 3.63) is 0 Å². The standard InChI is InChI=1S/C48H79N3O37/c1-12(58)49-23-15(61)4-47(45(74)75,86-37(23)26(64)17(63)6-52)85-20(9-55)29(67)38-24(50-13(2)59)16(62)5-48(87-38,46(76)77)88-40-28(66)19(8-54)80-44(34(40)72)82-35-22(11-57)81-42(25(30(35)68)51-14(3)60)84-39-27(65)18(7-53)79-43(33(39)71)83-36-21(10-56)78-41(73)32(70)31(36)69/h15-44,52-57,61-73H,4-11H2,1-3H3,(H,49,58)(H,50,59)(H,51,60)(H,74,75)(H,76,77)/t15-,16-,17+,18+,19+,20+,21+,22+,23+,24+,25+,26+,27-,28-,29+,30+,31+,32+,33+,34+,35+,36+,37+,38+,39-,40-,41+,42-,43-,44-,47+,48-/m0/s1. The largest absolute Gasteiger partial charge is 0.477 e. The number of carboxylic acids is 2. The summed E-state index contributed by atoms with van der Waals surface area (Å²) in [6, 6.07) is -5.65. The molecule has 40 heteroatoms. The topological polar surface area (TPSA) is 648 Å². The number of nitrogens with one attached hydrogen (secondary N) is 3. The first-order valence-corrected chi connectivity index (χ1v) is 27.4. The van der Waals surface area contributed by atoms with Gasteiger partial charge in [-0.2, -0.15) is 0 Å². The lowest BCUT2D eigenvalue weighted by molar-refractivity contribution is -0.391. The Hall–Kier alpha value is -3.85. The summed E-state index contributed by atoms with van der Waals surface area (Å²) in [6.07, 6.45) is -60.7. The van der Waals surface area contributed by atoms with Crippen molar-refractivity contribution in [2.45, 2.75) is 229 Å². The van der Waals surface area contributed by atoms with Gasteiger partial charge in [0.05, 0.1) is 63.9 Å². The fraction of sp³-hybridized carbons (Fsp3) is 0.896. The number of carbonyl (C=O) groups is 5. The molecule has 508 valence electrons. The second-order valence-corrected chi connectivity index (χ2v) is 21.8. The average Bonchev–Trinajstić information content (AvgIpc) is 0.797. The van der Waals surface area contributed by atoms with Gasteiger partial charge in [0.25, 0.3) is 11.6 Å². The number of ether oxygens (including phenoxy) is 11. The lowest BCUT2D eigenvalue weighted by Gasteiger charge is -2.52. The third-order valence-electron chi connectivity index (χ3n) is 15.6. The van der Waals surface area contributed by atoms with E-state index in [-0.39, 0.29) is 0 Å². The molecule has 0 spiro atoms. The number of carbonyl (C=O) groups excluding carboxylic acids is 3. The lowest BCUT2D eigenvalue weighted by Crippen LogP contribution is -2.72. The quantitative estimate of drug-likeness (QED) is 0.0404. The van der Waals surface area contributed by atoms with Gasteiger partial charge in [-0.15, -0.1) is 0 Å². The molecule has 6 heterocycles. The molecule has 0 unspecified atom stereocenters. The molecule has 6 saturated heterocycles. The summed E-state index contributed by atoms with van der Waals surface area (Å²) in [5.74, 6) is -14.0. The minimum Gasteiger partial charge on any atom is -0.477 e. The molecular formula is C48H79N3O37. The van der Waals surface area contributed by atoms with Gasteiger partial charge < -0.3 is 175 Å². The highest BCUT2D eigenvalue weighted by Crippen LogP contribution is 2.41. The first-order chi connectivity index (χ1) is 41.3. The van der Waals surface area contributed by atoms with Crippen molar-refractivity contribution in [3.8, 4) is 0 Å². The Bertz CT molecular complexity index is 2320. The molecule has 0 aliphatic carbocycles. The average molecular weight is 1290 g/mol. The smallest absolute Gasteiger partial charge is 0.364 e. The summed E-state index contributed by atoms with van der Waals surface area (Å²) in [5, 5.41) is 234. The van der Waals surface area contributed by atoms with E-state index in [0.29, 0.717) is 0 Å². The van der Waals surface area contributed by atoms with Crippen LogP contribution in [0.2, 0.25) is 0 Å². The number of hydrogen-bond donors (Lipinski definition) is 24. The molecule has 40 nitrogen and oxygen atoms in total. The van der Waals surface area contributed by atoms with Crippen molar-refractivity contribution in [3.63, 3.8) is 0 Å². The van der Waals surface area contributed by atoms with E-state index in [1.54, 1.807) is 0 Å². The maximum atomic E-state index is 13.5. The zero-order valence-electron chi connectivity index (χ0n) is 46.9. The molecule has 6 fully saturated rings. The van der Waals surface area contributed by atoms with Gasteiger partial charge in [-0.25, -0.2) is 9.59 Å². The maximum absolute atomic E-state index is 13.5. The van der Waals surface area contributed by atoms with Gasteiger partial charge in [0.15, 0.2) is 25.2 Å². The highest BCUT2D eigenvalue weighted by molar-refractivity contribution is 5.77. The summed E-state index contributed by atoms with van der Waals surface area (Å²) >= 11 is 0. The zero-order chi connectivity index (χ0) is 65.8. The van der Waals surface area contributed by atoms with Crippen molar-refractivity contribution in [2.75, 3.05) is 39.6 Å². The number of amides is 3. The van der Waals surface area contributed by atoms with Gasteiger partial charge in [-0.3, -0.25) is 14.4 Å². The number of carboxylic acid groups (broad SMARTS) is 2. The fourth-order valence-corrected chi connectivity index (χ4v) is 11.1. The van der Waals surface area contributed by atoms with Gasteiger partial charge in [0.2, 0.25) is 17.7 Å². The van der Waals surface area contributed by atoms with Crippen LogP contribution in [-0.2, 0) is 76.1 Å². The van der Waals surface area contributed by atoms with E-state index in [0.717, 1.165) is 20.8 Å². The second kappa shape index (κ2) is 30.7. The summed E-state index contributed by atoms with van der Waals surface area (Å²) < 4.78 is 62.2. The van der Waals surface area contributed by atoms with Crippen LogP contribution < -0.4 is 16.0 Å². The molecule has 3 amide bonds. The molecule has 6 rings (SSSR count). The third-order valence-corrected chi connectivity index (χ3v) is 15.6. The Morgan fingerprint density at radius 3 is 1.34 bits per heavy atom. The highest BCUT2D eigenvalue weighted by Gasteiger charge is 2.63. The Morgan fingerprint density at radius 2 is 0.875 bits per heavy atom. The minimum absolute atomic E-state index is 0.876. The van der Waals surface area contributed by atoms with Crippen molar-refractivity contribution in [1.29, 1.82) is 0 Å². The predicted octanol–water partition coefficient (Wildman–Crippen LogP) is -15.3. The molecule has 24 N–H and O–H groups in total. The van der Waals surface area contributed by atoms with Gasteiger partial charge in [0.1, 0.15) is 134 Å². The summed E-state index contributed by atoms with van der Waals surface area (Å²) in [4.78, 5) is 63.9. The van der Waals surface area contributed by atoms with Crippen LogP contribution in [0.4, 0.5) is 0 Å². The van der Waals surface area contributed by atoms with E-state index in [2.05, 4.69) is 16.0 Å². The van der Waals surface area contributed by atoms with Gasteiger partial charge in [-0.1, -0.05) is 0 Å². The van der Waals surface area contributed by atoms with Crippen molar-refractivity contribution >= 4 is 29.7 Å². The summed E-state index contributed by atoms with van der Waals surface area (Å²) in [5.41, 5.74) is 0.